The van der Waals surface area contributed by atoms with Crippen molar-refractivity contribution in [3.8, 4) is 12.1 Å². The van der Waals surface area contributed by atoms with Gasteiger partial charge in [0.05, 0.1) is 34.9 Å². The molecule has 0 atom stereocenters. The van der Waals surface area contributed by atoms with E-state index in [1.807, 2.05) is 23.5 Å². The van der Waals surface area contributed by atoms with E-state index in [9.17, 15) is 0 Å². The number of nitriles is 2. The van der Waals surface area contributed by atoms with Crippen molar-refractivity contribution in [1.29, 1.82) is 10.5 Å². The number of pyridine rings is 4. The summed E-state index contributed by atoms with van der Waals surface area (Å²) in [6.45, 7) is 43.0. The Hall–Kier alpha value is -2.58. The molecule has 4 heterocycles. The summed E-state index contributed by atoms with van der Waals surface area (Å²) < 4.78 is 67.9. The van der Waals surface area contributed by atoms with E-state index >= 15 is 0 Å². The zero-order valence-corrected chi connectivity index (χ0v) is 63.8. The van der Waals surface area contributed by atoms with E-state index in [0.29, 0.717) is 0 Å². The first-order valence-corrected chi connectivity index (χ1v) is 30.9. The minimum atomic E-state index is -4.94. The Morgan fingerprint density at radius 3 is 0.762 bits per heavy atom. The summed E-state index contributed by atoms with van der Waals surface area (Å²) in [7, 11) is -9.89. The van der Waals surface area contributed by atoms with E-state index in [0.717, 1.165) is 135 Å². The molecule has 84 heavy (non-hydrogen) atoms. The fourth-order valence-corrected chi connectivity index (χ4v) is 7.46. The predicted octanol–water partition coefficient (Wildman–Crippen LogP) is 3.48. The summed E-state index contributed by atoms with van der Waals surface area (Å²) in [6, 6.07) is 28.6. The molecule has 4 aromatic heterocycles. The first-order valence-electron chi connectivity index (χ1n) is 26.2. The van der Waals surface area contributed by atoms with Gasteiger partial charge in [-0.2, -0.15) is 34.0 Å². The maximum Gasteiger partial charge on any atom is 2.00 e. The number of anilines is 4. The maximum absolute atomic E-state index is 8.49. The Morgan fingerprint density at radius 2 is 0.607 bits per heavy atom. The molecule has 0 fully saturated rings. The fraction of sp³-hybridized carbons (Fsp3) is 0.607. The van der Waals surface area contributed by atoms with Gasteiger partial charge < -0.3 is 32.2 Å². The standard InChI is InChI=1S/2C26H43N5S.2C2H3N.2Cd.2ClHO4.2H2O/c2*1-8-32-16-15-31(17-21-11-9-13-23(29-21)27-19-25(2,3)4)18-22-12-10-14-24(30-22)28-20-26(5,6)7;2*1-2-3;;;2*2-1(3,4)5;;/h2*9-14H,8,15-20H2,1-7H3,(H,27,29)(H,28,30);2*1H3;;;2*(H,2,3,4,5);2*1H2/q;;;;2*+2;;;;/p-4. The molecular formula is C56H94Cd2Cl2N12O10S2. The Balaban J connectivity index is -0.000000277. The van der Waals surface area contributed by atoms with Crippen LogP contribution in [0.1, 0.15) is 134 Å². The smallest absolute Gasteiger partial charge is 0.870 e. The molecule has 0 amide bonds. The second kappa shape index (κ2) is 49.3. The van der Waals surface area contributed by atoms with Gasteiger partial charge in [-0.15, -0.1) is 20.5 Å². The number of thioether (sulfide) groups is 2. The van der Waals surface area contributed by atoms with E-state index in [4.69, 9.17) is 67.7 Å². The van der Waals surface area contributed by atoms with Crippen molar-refractivity contribution >= 4 is 46.8 Å². The van der Waals surface area contributed by atoms with Crippen LogP contribution in [0.25, 0.3) is 0 Å². The molecular weight excluding hydrogens is 1360 g/mol. The van der Waals surface area contributed by atoms with Crippen molar-refractivity contribution in [3.63, 3.8) is 0 Å². The van der Waals surface area contributed by atoms with Crippen LogP contribution in [0.4, 0.5) is 23.3 Å². The van der Waals surface area contributed by atoms with Crippen molar-refractivity contribution < 1.29 is 123 Å². The monoisotopic (exact) mass is 1460 g/mol. The summed E-state index contributed by atoms with van der Waals surface area (Å²) >= 11 is 3.96. The third-order valence-corrected chi connectivity index (χ3v) is 11.2. The topological polar surface area (TPSA) is 398 Å². The molecule has 28 heteroatoms. The van der Waals surface area contributed by atoms with Gasteiger partial charge in [0.15, 0.2) is 0 Å². The molecule has 0 aromatic carbocycles. The molecule has 6 N–H and O–H groups in total. The largest absolute Gasteiger partial charge is 2.00 e. The van der Waals surface area contributed by atoms with Crippen LogP contribution in [0, 0.1) is 64.8 Å². The molecule has 0 spiro atoms. The molecule has 4 aromatic rings. The zero-order valence-electron chi connectivity index (χ0n) is 52.6. The quantitative estimate of drug-likeness (QED) is 0.0576. The molecule has 0 aliphatic heterocycles. The van der Waals surface area contributed by atoms with E-state index in [-0.39, 0.29) is 87.2 Å². The first kappa shape index (κ1) is 92.6. The number of nitrogens with zero attached hydrogens (tertiary/aromatic N) is 8. The Morgan fingerprint density at radius 1 is 0.429 bits per heavy atom. The molecule has 0 saturated carbocycles. The third-order valence-electron chi connectivity index (χ3n) is 9.48. The fourth-order valence-electron chi connectivity index (χ4n) is 6.11. The molecule has 0 bridgehead atoms. The Bertz CT molecular complexity index is 2050. The van der Waals surface area contributed by atoms with Gasteiger partial charge in [-0.1, -0.05) is 121 Å². The van der Waals surface area contributed by atoms with E-state index in [2.05, 4.69) is 201 Å². The number of halogens is 2. The summed E-state index contributed by atoms with van der Waals surface area (Å²) in [6.07, 6.45) is 0. The number of nitrogens with one attached hydrogen (secondary N) is 4. The molecule has 0 radical (unpaired) electrons. The molecule has 0 unspecified atom stereocenters. The van der Waals surface area contributed by atoms with Crippen LogP contribution in [-0.4, -0.2) is 103 Å². The normalized spacial score (nSPS) is 11.0. The third kappa shape index (κ3) is 63.9. The van der Waals surface area contributed by atoms with Gasteiger partial charge in [0.25, 0.3) is 0 Å². The SMILES string of the molecule is CC#N.CC#N.CCSCCN(Cc1cccc(NCC(C)(C)C)n1)Cc1cccc(NCC(C)(C)C)n1.CCSCCN(Cc1cccc(NCC(C)(C)C)n1)Cc1cccc(NCC(C)(C)C)n1.[Cd+2].[Cd+2].[O-][Cl+3]([O-])([O-])[O-].[O-][Cl+3]([O-])([O-])[O-].[OH-].[OH-]. The van der Waals surface area contributed by atoms with E-state index in [1.54, 1.807) is 12.1 Å². The summed E-state index contributed by atoms with van der Waals surface area (Å²) in [5, 5.41) is 28.6. The Kier molecular flexibility index (Phi) is 54.4. The Labute approximate surface area is 555 Å². The van der Waals surface area contributed by atoms with Crippen molar-refractivity contribution in [3.05, 3.63) is 95.6 Å². The van der Waals surface area contributed by atoms with Crippen LogP contribution in [0.5, 0.6) is 0 Å². The minimum Gasteiger partial charge on any atom is -0.870 e. The van der Waals surface area contributed by atoms with Crippen LogP contribution in [0.15, 0.2) is 72.8 Å². The van der Waals surface area contributed by atoms with Crippen LogP contribution >= 0.6 is 23.5 Å². The average Bonchev–Trinajstić information content (AvgIpc) is 3.31. The van der Waals surface area contributed by atoms with Crippen LogP contribution < -0.4 is 58.5 Å². The van der Waals surface area contributed by atoms with E-state index < -0.39 is 20.5 Å². The second-order valence-corrected chi connectivity index (χ2v) is 27.0. The first-order chi connectivity index (χ1) is 36.9. The van der Waals surface area contributed by atoms with Crippen LogP contribution in [-0.2, 0) is 80.8 Å². The second-order valence-electron chi connectivity index (χ2n) is 22.7. The maximum atomic E-state index is 8.49. The molecule has 4 rings (SSSR count). The summed E-state index contributed by atoms with van der Waals surface area (Å²) in [5.74, 6) is 8.31. The molecule has 468 valence electrons. The van der Waals surface area contributed by atoms with Crippen molar-refractivity contribution in [2.45, 2.75) is 137 Å². The zero-order chi connectivity index (χ0) is 61.6. The number of aromatic nitrogens is 4. The van der Waals surface area contributed by atoms with Crippen molar-refractivity contribution in [2.24, 2.45) is 21.7 Å². The summed E-state index contributed by atoms with van der Waals surface area (Å²) in [4.78, 5) is 24.4. The molecule has 0 aliphatic carbocycles. The van der Waals surface area contributed by atoms with Gasteiger partial charge in [-0.3, -0.25) is 9.80 Å². The van der Waals surface area contributed by atoms with Crippen LogP contribution in [0.3, 0.4) is 0 Å². The predicted molar refractivity (Wildman–Crippen MR) is 309 cm³/mol. The van der Waals surface area contributed by atoms with Gasteiger partial charge in [0.1, 0.15) is 23.3 Å². The van der Waals surface area contributed by atoms with Crippen molar-refractivity contribution in [1.82, 2.24) is 29.7 Å². The average molecular weight is 1460 g/mol. The number of hydrogen-bond acceptors (Lipinski definition) is 24. The summed E-state index contributed by atoms with van der Waals surface area (Å²) in [5.41, 5.74) is 5.24. The van der Waals surface area contributed by atoms with Gasteiger partial charge in [0, 0.05) is 90.8 Å². The van der Waals surface area contributed by atoms with Gasteiger partial charge in [-0.05, 0) is 81.7 Å². The molecule has 0 aliphatic rings. The van der Waals surface area contributed by atoms with Gasteiger partial charge in [-0.25, -0.2) is 57.2 Å². The molecule has 0 saturated heterocycles. The van der Waals surface area contributed by atoms with E-state index in [1.165, 1.54) is 13.8 Å². The van der Waals surface area contributed by atoms with Gasteiger partial charge in [0.2, 0.25) is 0 Å². The van der Waals surface area contributed by atoms with Gasteiger partial charge >= 0.3 is 54.6 Å². The molecule has 22 nitrogen and oxygen atoms in total. The van der Waals surface area contributed by atoms with Crippen molar-refractivity contribution in [2.75, 3.05) is 83.5 Å². The minimum absolute atomic E-state index is 0. The number of rotatable bonds is 24. The van der Waals surface area contributed by atoms with Crippen LogP contribution in [0.2, 0.25) is 0 Å². The number of hydrogen-bond donors (Lipinski definition) is 4.